The summed E-state index contributed by atoms with van der Waals surface area (Å²) in [5.74, 6) is -0.760. The van der Waals surface area contributed by atoms with Gasteiger partial charge in [0.15, 0.2) is 5.78 Å². The summed E-state index contributed by atoms with van der Waals surface area (Å²) in [5.41, 5.74) is -1.25. The Balaban J connectivity index is 1.68. The predicted molar refractivity (Wildman–Crippen MR) is 125 cm³/mol. The van der Waals surface area contributed by atoms with Crippen LogP contribution in [-0.4, -0.2) is 60.8 Å². The summed E-state index contributed by atoms with van der Waals surface area (Å²) in [7, 11) is 0. The monoisotopic (exact) mass is 462 g/mol. The summed E-state index contributed by atoms with van der Waals surface area (Å²) in [4.78, 5) is 13.2. The first kappa shape index (κ1) is 25.1. The second-order valence-corrected chi connectivity index (χ2v) is 12.4. The quantitative estimate of drug-likeness (QED) is 0.410. The Hall–Kier alpha value is -1.05. The highest BCUT2D eigenvalue weighted by atomic mass is 16.4. The number of ketones is 1. The van der Waals surface area contributed by atoms with Crippen LogP contribution in [0, 0.1) is 28.6 Å². The van der Waals surface area contributed by atoms with Crippen LogP contribution in [-0.2, 0) is 4.79 Å². The molecule has 4 aliphatic carbocycles. The topological polar surface area (TPSA) is 118 Å². The van der Waals surface area contributed by atoms with Gasteiger partial charge in [-0.1, -0.05) is 25.5 Å². The molecule has 0 radical (unpaired) electrons. The molecule has 4 rings (SSSR count). The Bertz CT molecular complexity index is 870. The van der Waals surface area contributed by atoms with Crippen molar-refractivity contribution in [2.75, 3.05) is 0 Å². The molecule has 0 saturated heterocycles. The molecule has 3 saturated carbocycles. The lowest BCUT2D eigenvalue weighted by atomic mass is 9.45. The highest BCUT2D eigenvalue weighted by Gasteiger charge is 2.68. The zero-order chi connectivity index (χ0) is 24.6. The maximum atomic E-state index is 13.2. The second-order valence-electron chi connectivity index (χ2n) is 12.4. The van der Waals surface area contributed by atoms with Gasteiger partial charge in [-0.05, 0) is 89.2 Å². The highest BCUT2D eigenvalue weighted by Crippen LogP contribution is 2.68. The summed E-state index contributed by atoms with van der Waals surface area (Å²) in [5, 5.41) is 54.0. The standard InChI is InChI=1S/C27H42O6/c1-15(7-6-10-24(2,3)32)16-9-12-27(33)18-13-20(28)19-14-21(29)22(30)23(31)26(19,5)17(18)8-11-25(16,27)4/h7,13,16-17,19,21-23,29-33H,6,8-12,14H2,1-5H3/b15-7+/t16-,17+,19+,21-,22-,23-,25-,26-,27-/m1/s1. The van der Waals surface area contributed by atoms with Crippen LogP contribution in [0.1, 0.15) is 79.6 Å². The van der Waals surface area contributed by atoms with E-state index in [0.29, 0.717) is 12.8 Å². The molecule has 9 atom stereocenters. The van der Waals surface area contributed by atoms with E-state index in [-0.39, 0.29) is 24.0 Å². The summed E-state index contributed by atoms with van der Waals surface area (Å²) < 4.78 is 0. The number of allylic oxidation sites excluding steroid dienone is 3. The third-order valence-electron chi connectivity index (χ3n) is 10.1. The Labute approximate surface area is 197 Å². The average Bonchev–Trinajstić information content (AvgIpc) is 2.99. The number of aliphatic hydroxyl groups excluding tert-OH is 3. The molecule has 6 heteroatoms. The molecule has 186 valence electrons. The summed E-state index contributed by atoms with van der Waals surface area (Å²) >= 11 is 0. The van der Waals surface area contributed by atoms with Gasteiger partial charge < -0.3 is 25.5 Å². The minimum absolute atomic E-state index is 0.134. The molecule has 33 heavy (non-hydrogen) atoms. The van der Waals surface area contributed by atoms with Crippen molar-refractivity contribution < 1.29 is 30.3 Å². The minimum Gasteiger partial charge on any atom is -0.390 e. The van der Waals surface area contributed by atoms with Crippen LogP contribution in [0.25, 0.3) is 0 Å². The van der Waals surface area contributed by atoms with Gasteiger partial charge in [-0.15, -0.1) is 0 Å². The highest BCUT2D eigenvalue weighted by molar-refractivity contribution is 5.95. The third kappa shape index (κ3) is 3.59. The van der Waals surface area contributed by atoms with Gasteiger partial charge in [-0.3, -0.25) is 4.79 Å². The van der Waals surface area contributed by atoms with E-state index in [0.717, 1.165) is 31.3 Å². The maximum absolute atomic E-state index is 13.2. The molecule has 4 aliphatic rings. The van der Waals surface area contributed by atoms with Crippen molar-refractivity contribution in [2.45, 2.75) is 109 Å². The van der Waals surface area contributed by atoms with Crippen molar-refractivity contribution in [1.82, 2.24) is 0 Å². The van der Waals surface area contributed by atoms with E-state index < -0.39 is 46.3 Å². The van der Waals surface area contributed by atoms with E-state index >= 15 is 0 Å². The molecular weight excluding hydrogens is 420 g/mol. The van der Waals surface area contributed by atoms with E-state index in [4.69, 9.17) is 0 Å². The number of hydrogen-bond donors (Lipinski definition) is 5. The number of fused-ring (bicyclic) bond motifs is 5. The van der Waals surface area contributed by atoms with E-state index in [1.165, 1.54) is 5.57 Å². The summed E-state index contributed by atoms with van der Waals surface area (Å²) in [6.45, 7) is 9.71. The van der Waals surface area contributed by atoms with Gasteiger partial charge >= 0.3 is 0 Å². The Morgan fingerprint density at radius 2 is 1.82 bits per heavy atom. The predicted octanol–water partition coefficient (Wildman–Crippen LogP) is 2.66. The van der Waals surface area contributed by atoms with Crippen LogP contribution in [0.2, 0.25) is 0 Å². The van der Waals surface area contributed by atoms with E-state index in [1.54, 1.807) is 6.08 Å². The average molecular weight is 463 g/mol. The summed E-state index contributed by atoms with van der Waals surface area (Å²) in [6, 6.07) is 0. The Morgan fingerprint density at radius 3 is 2.45 bits per heavy atom. The molecule has 0 aliphatic heterocycles. The molecule has 0 aromatic heterocycles. The minimum atomic E-state index is -1.29. The van der Waals surface area contributed by atoms with Crippen molar-refractivity contribution in [3.05, 3.63) is 23.3 Å². The fourth-order valence-electron chi connectivity index (χ4n) is 7.92. The van der Waals surface area contributed by atoms with Gasteiger partial charge in [-0.25, -0.2) is 0 Å². The van der Waals surface area contributed by atoms with Gasteiger partial charge in [0.1, 0.15) is 6.10 Å². The fourth-order valence-corrected chi connectivity index (χ4v) is 7.92. The van der Waals surface area contributed by atoms with Gasteiger partial charge in [0, 0.05) is 16.7 Å². The number of rotatable bonds is 4. The van der Waals surface area contributed by atoms with Gasteiger partial charge in [0.2, 0.25) is 0 Å². The molecule has 0 unspecified atom stereocenters. The molecule has 0 aromatic rings. The first-order chi connectivity index (χ1) is 15.2. The van der Waals surface area contributed by atoms with Gasteiger partial charge in [-0.2, -0.15) is 0 Å². The van der Waals surface area contributed by atoms with E-state index in [1.807, 2.05) is 20.8 Å². The smallest absolute Gasteiger partial charge is 0.159 e. The molecule has 0 amide bonds. The molecule has 0 spiro atoms. The maximum Gasteiger partial charge on any atom is 0.159 e. The first-order valence-electron chi connectivity index (χ1n) is 12.6. The van der Waals surface area contributed by atoms with Crippen LogP contribution in [0.15, 0.2) is 23.3 Å². The van der Waals surface area contributed by atoms with Crippen molar-refractivity contribution in [2.24, 2.45) is 28.6 Å². The van der Waals surface area contributed by atoms with Crippen LogP contribution in [0.4, 0.5) is 0 Å². The van der Waals surface area contributed by atoms with E-state index in [2.05, 4.69) is 19.9 Å². The lowest BCUT2D eigenvalue weighted by Crippen LogP contribution is -2.66. The lowest BCUT2D eigenvalue weighted by Gasteiger charge is -2.61. The Morgan fingerprint density at radius 1 is 1.15 bits per heavy atom. The van der Waals surface area contributed by atoms with Crippen LogP contribution in [0.3, 0.4) is 0 Å². The van der Waals surface area contributed by atoms with Crippen molar-refractivity contribution >= 4 is 5.78 Å². The van der Waals surface area contributed by atoms with E-state index in [9.17, 15) is 30.3 Å². The molecular formula is C27H42O6. The van der Waals surface area contributed by atoms with Crippen molar-refractivity contribution in [3.8, 4) is 0 Å². The largest absolute Gasteiger partial charge is 0.390 e. The van der Waals surface area contributed by atoms with Crippen LogP contribution in [0.5, 0.6) is 0 Å². The third-order valence-corrected chi connectivity index (χ3v) is 10.1. The molecule has 0 aromatic carbocycles. The fraction of sp³-hybridized carbons (Fsp3) is 0.815. The second kappa shape index (κ2) is 7.99. The van der Waals surface area contributed by atoms with Crippen LogP contribution < -0.4 is 0 Å². The van der Waals surface area contributed by atoms with Crippen LogP contribution >= 0.6 is 0 Å². The number of aliphatic hydroxyl groups is 5. The van der Waals surface area contributed by atoms with Gasteiger partial charge in [0.25, 0.3) is 0 Å². The lowest BCUT2D eigenvalue weighted by molar-refractivity contribution is -0.197. The number of carbonyl (C=O) groups is 1. The van der Waals surface area contributed by atoms with Crippen molar-refractivity contribution in [1.29, 1.82) is 0 Å². The Kier molecular flexibility index (Phi) is 6.07. The normalized spacial score (nSPS) is 48.1. The molecule has 0 bridgehead atoms. The molecule has 3 fully saturated rings. The number of carbonyl (C=O) groups excluding carboxylic acids is 1. The SMILES string of the molecule is C/C(=C\CCC(C)(C)O)[C@H]1CC[C@@]2(O)C3=CC(=O)[C@@H]4C[C@@H](O)[C@@H](O)[C@@H](O)[C@]4(C)[C@H]3CC[C@]12C. The first-order valence-corrected chi connectivity index (χ1v) is 12.6. The van der Waals surface area contributed by atoms with Crippen molar-refractivity contribution in [3.63, 3.8) is 0 Å². The summed E-state index contributed by atoms with van der Waals surface area (Å²) in [6.07, 6.45) is 4.60. The molecule has 5 N–H and O–H groups in total. The number of hydrogen-bond acceptors (Lipinski definition) is 6. The molecule has 6 nitrogen and oxygen atoms in total. The molecule has 0 heterocycles. The zero-order valence-electron chi connectivity index (χ0n) is 20.7. The zero-order valence-corrected chi connectivity index (χ0v) is 20.7. The van der Waals surface area contributed by atoms with Gasteiger partial charge in [0.05, 0.1) is 23.4 Å².